The fourth-order valence-electron chi connectivity index (χ4n) is 5.36. The molecule has 5 rings (SSSR count). The van der Waals surface area contributed by atoms with Crippen LogP contribution >= 0.6 is 12.4 Å². The molecule has 0 bridgehead atoms. The quantitative estimate of drug-likeness (QED) is 0.324. The van der Waals surface area contributed by atoms with E-state index in [1.54, 1.807) is 0 Å². The van der Waals surface area contributed by atoms with Gasteiger partial charge in [0, 0.05) is 23.6 Å². The Kier molecular flexibility index (Phi) is 8.11. The van der Waals surface area contributed by atoms with Crippen molar-refractivity contribution in [1.82, 2.24) is 4.90 Å². The summed E-state index contributed by atoms with van der Waals surface area (Å²) in [5, 5.41) is 1.07. The molecule has 2 heterocycles. The number of aryl methyl sites for hydroxylation is 1. The minimum absolute atomic E-state index is 0. The van der Waals surface area contributed by atoms with Gasteiger partial charge in [0.25, 0.3) is 0 Å². The van der Waals surface area contributed by atoms with E-state index in [2.05, 4.69) is 41.3 Å². The third-order valence-electron chi connectivity index (χ3n) is 7.16. The summed E-state index contributed by atoms with van der Waals surface area (Å²) >= 11 is 0. The molecule has 0 N–H and O–H groups in total. The first-order valence-corrected chi connectivity index (χ1v) is 12.2. The molecule has 0 unspecified atom stereocenters. The number of fused-ring (bicyclic) bond motifs is 3. The standard InChI is InChI=1S/C28H33NO3.ClH/c30-28-26-10-5-4-9-24(26)25-12-11-23(20-27(25)32-28)31-18-6-15-29-16-13-22(14-17-29)19-21-7-2-1-3-8-21;/h1-3,7-8,11-12,20,22H,4-6,9-10,13-19H2;1H. The highest BCUT2D eigenvalue weighted by Crippen LogP contribution is 2.29. The zero-order chi connectivity index (χ0) is 21.8. The van der Waals surface area contributed by atoms with Crippen molar-refractivity contribution >= 4 is 23.4 Å². The summed E-state index contributed by atoms with van der Waals surface area (Å²) in [6.07, 6.45) is 8.82. The average molecular weight is 468 g/mol. The van der Waals surface area contributed by atoms with Crippen LogP contribution < -0.4 is 10.4 Å². The van der Waals surface area contributed by atoms with Crippen LogP contribution in [-0.4, -0.2) is 31.1 Å². The van der Waals surface area contributed by atoms with Gasteiger partial charge >= 0.3 is 5.63 Å². The highest BCUT2D eigenvalue weighted by molar-refractivity contribution is 5.85. The van der Waals surface area contributed by atoms with Crippen LogP contribution in [0.25, 0.3) is 11.0 Å². The SMILES string of the molecule is Cl.O=c1oc2cc(OCCCN3CCC(Cc4ccccc4)CC3)ccc2c2c1CCCC2. The number of nitrogens with zero attached hydrogens (tertiary/aromatic N) is 1. The highest BCUT2D eigenvalue weighted by Gasteiger charge is 2.20. The van der Waals surface area contributed by atoms with Gasteiger partial charge < -0.3 is 14.1 Å². The lowest BCUT2D eigenvalue weighted by Crippen LogP contribution is -2.35. The van der Waals surface area contributed by atoms with Gasteiger partial charge in [-0.1, -0.05) is 30.3 Å². The first-order chi connectivity index (χ1) is 15.8. The summed E-state index contributed by atoms with van der Waals surface area (Å²) in [6.45, 7) is 4.13. The van der Waals surface area contributed by atoms with Gasteiger partial charge in [0.1, 0.15) is 11.3 Å². The van der Waals surface area contributed by atoms with E-state index in [0.29, 0.717) is 12.2 Å². The van der Waals surface area contributed by atoms with Crippen molar-refractivity contribution in [3.63, 3.8) is 0 Å². The minimum Gasteiger partial charge on any atom is -0.493 e. The second kappa shape index (κ2) is 11.2. The van der Waals surface area contributed by atoms with Crippen molar-refractivity contribution in [3.05, 3.63) is 75.6 Å². The molecule has 0 radical (unpaired) electrons. The lowest BCUT2D eigenvalue weighted by Gasteiger charge is -2.32. The van der Waals surface area contributed by atoms with E-state index in [1.807, 2.05) is 12.1 Å². The van der Waals surface area contributed by atoms with Crippen LogP contribution in [0.5, 0.6) is 5.75 Å². The predicted molar refractivity (Wildman–Crippen MR) is 136 cm³/mol. The third-order valence-corrected chi connectivity index (χ3v) is 7.16. The van der Waals surface area contributed by atoms with Gasteiger partial charge in [-0.05, 0) is 93.6 Å². The number of hydrogen-bond donors (Lipinski definition) is 0. The molecule has 4 nitrogen and oxygen atoms in total. The van der Waals surface area contributed by atoms with E-state index in [1.165, 1.54) is 43.5 Å². The van der Waals surface area contributed by atoms with Crippen LogP contribution in [0.1, 0.15) is 48.8 Å². The Bertz CT molecular complexity index is 1100. The fourth-order valence-corrected chi connectivity index (χ4v) is 5.36. The average Bonchev–Trinajstić information content (AvgIpc) is 2.84. The van der Waals surface area contributed by atoms with E-state index < -0.39 is 0 Å². The number of benzene rings is 2. The first kappa shape index (κ1) is 23.8. The molecule has 1 aliphatic heterocycles. The van der Waals surface area contributed by atoms with E-state index in [0.717, 1.165) is 61.3 Å². The lowest BCUT2D eigenvalue weighted by atomic mass is 9.90. The second-order valence-corrected chi connectivity index (χ2v) is 9.39. The van der Waals surface area contributed by atoms with Crippen molar-refractivity contribution in [2.24, 2.45) is 5.92 Å². The molecule has 0 amide bonds. The molecule has 2 aliphatic rings. The molecule has 0 saturated carbocycles. The zero-order valence-corrected chi connectivity index (χ0v) is 20.1. The van der Waals surface area contributed by atoms with Crippen molar-refractivity contribution in [2.45, 2.75) is 51.4 Å². The summed E-state index contributed by atoms with van der Waals surface area (Å²) in [4.78, 5) is 14.9. The number of likely N-dealkylation sites (tertiary alicyclic amines) is 1. The Hall–Kier alpha value is -2.30. The first-order valence-electron chi connectivity index (χ1n) is 12.2. The van der Waals surface area contributed by atoms with E-state index >= 15 is 0 Å². The zero-order valence-electron chi connectivity index (χ0n) is 19.3. The number of piperidine rings is 1. The maximum atomic E-state index is 12.3. The molecule has 3 aromatic rings. The Morgan fingerprint density at radius 1 is 0.970 bits per heavy atom. The van der Waals surface area contributed by atoms with Crippen LogP contribution in [0.15, 0.2) is 57.7 Å². The largest absolute Gasteiger partial charge is 0.493 e. The predicted octanol–water partition coefficient (Wildman–Crippen LogP) is 5.82. The number of rotatable bonds is 7. The number of ether oxygens (including phenoxy) is 1. The molecule has 1 saturated heterocycles. The Balaban J connectivity index is 0.00000259. The maximum absolute atomic E-state index is 12.3. The molecular weight excluding hydrogens is 434 g/mol. The Labute approximate surface area is 202 Å². The molecule has 1 aromatic heterocycles. The van der Waals surface area contributed by atoms with Crippen LogP contribution in [-0.2, 0) is 19.3 Å². The summed E-state index contributed by atoms with van der Waals surface area (Å²) in [5.41, 5.74) is 4.02. The van der Waals surface area contributed by atoms with Crippen molar-refractivity contribution in [3.8, 4) is 5.75 Å². The second-order valence-electron chi connectivity index (χ2n) is 9.39. The molecular formula is C28H34ClNO3. The summed E-state index contributed by atoms with van der Waals surface area (Å²) in [7, 11) is 0. The maximum Gasteiger partial charge on any atom is 0.339 e. The highest BCUT2D eigenvalue weighted by atomic mass is 35.5. The molecule has 2 aromatic carbocycles. The Morgan fingerprint density at radius 2 is 1.73 bits per heavy atom. The van der Waals surface area contributed by atoms with Gasteiger partial charge in [0.05, 0.1) is 6.61 Å². The third kappa shape index (κ3) is 5.80. The van der Waals surface area contributed by atoms with Crippen LogP contribution in [0.4, 0.5) is 0 Å². The van der Waals surface area contributed by atoms with Gasteiger partial charge in [-0.15, -0.1) is 12.4 Å². The van der Waals surface area contributed by atoms with E-state index in [4.69, 9.17) is 9.15 Å². The monoisotopic (exact) mass is 467 g/mol. The summed E-state index contributed by atoms with van der Waals surface area (Å²) in [6, 6.07) is 16.8. The van der Waals surface area contributed by atoms with Crippen molar-refractivity contribution in [2.75, 3.05) is 26.2 Å². The van der Waals surface area contributed by atoms with Crippen LogP contribution in [0.3, 0.4) is 0 Å². The van der Waals surface area contributed by atoms with E-state index in [-0.39, 0.29) is 18.0 Å². The van der Waals surface area contributed by atoms with Crippen molar-refractivity contribution < 1.29 is 9.15 Å². The number of halogens is 1. The molecule has 5 heteroatoms. The Morgan fingerprint density at radius 3 is 2.52 bits per heavy atom. The minimum atomic E-state index is -0.167. The molecule has 176 valence electrons. The lowest BCUT2D eigenvalue weighted by molar-refractivity contribution is 0.170. The topological polar surface area (TPSA) is 42.7 Å². The van der Waals surface area contributed by atoms with Gasteiger partial charge in [-0.3, -0.25) is 0 Å². The van der Waals surface area contributed by atoms with Crippen molar-refractivity contribution in [1.29, 1.82) is 0 Å². The van der Waals surface area contributed by atoms with Gasteiger partial charge in [-0.2, -0.15) is 0 Å². The van der Waals surface area contributed by atoms with Gasteiger partial charge in [0.15, 0.2) is 0 Å². The van der Waals surface area contributed by atoms with Gasteiger partial charge in [0.2, 0.25) is 0 Å². The fraction of sp³-hybridized carbons (Fsp3) is 0.464. The molecule has 0 spiro atoms. The number of hydrogen-bond acceptors (Lipinski definition) is 4. The molecule has 1 fully saturated rings. The molecule has 1 aliphatic carbocycles. The van der Waals surface area contributed by atoms with Crippen LogP contribution in [0.2, 0.25) is 0 Å². The normalized spacial score (nSPS) is 16.8. The smallest absolute Gasteiger partial charge is 0.339 e. The summed E-state index contributed by atoms with van der Waals surface area (Å²) in [5.74, 6) is 1.60. The van der Waals surface area contributed by atoms with E-state index in [9.17, 15) is 4.79 Å². The summed E-state index contributed by atoms with van der Waals surface area (Å²) < 4.78 is 11.6. The van der Waals surface area contributed by atoms with Crippen LogP contribution in [0, 0.1) is 5.92 Å². The molecule has 0 atom stereocenters. The molecule has 33 heavy (non-hydrogen) atoms. The van der Waals surface area contributed by atoms with Gasteiger partial charge in [-0.25, -0.2) is 4.79 Å².